The highest BCUT2D eigenvalue weighted by atomic mass is 35.5. The highest BCUT2D eigenvalue weighted by molar-refractivity contribution is 8.00. The molecule has 2 rings (SSSR count). The third kappa shape index (κ3) is 5.62. The lowest BCUT2D eigenvalue weighted by Gasteiger charge is -2.04. The summed E-state index contributed by atoms with van der Waals surface area (Å²) >= 11 is 7.26. The molecular formula is C17H17ClN2O2S. The highest BCUT2D eigenvalue weighted by Gasteiger charge is 2.03. The lowest BCUT2D eigenvalue weighted by molar-refractivity contribution is -0.118. The van der Waals surface area contributed by atoms with Crippen molar-refractivity contribution in [3.05, 3.63) is 59.1 Å². The Morgan fingerprint density at radius 2 is 1.83 bits per heavy atom. The van der Waals surface area contributed by atoms with Crippen LogP contribution in [-0.2, 0) is 4.79 Å². The molecule has 0 heterocycles. The smallest absolute Gasteiger partial charge is 0.250 e. The molecule has 0 aliphatic rings. The van der Waals surface area contributed by atoms with E-state index in [0.717, 1.165) is 21.9 Å². The number of amides is 1. The molecule has 6 heteroatoms. The lowest BCUT2D eigenvalue weighted by atomic mass is 10.1. The number of halogens is 1. The van der Waals surface area contributed by atoms with Crippen LogP contribution in [0, 0.1) is 0 Å². The maximum atomic E-state index is 11.8. The zero-order valence-corrected chi connectivity index (χ0v) is 14.4. The molecule has 0 spiro atoms. The van der Waals surface area contributed by atoms with Gasteiger partial charge >= 0.3 is 0 Å². The molecule has 0 saturated heterocycles. The van der Waals surface area contributed by atoms with Crippen LogP contribution >= 0.6 is 23.4 Å². The zero-order chi connectivity index (χ0) is 16.7. The predicted octanol–water partition coefficient (Wildman–Crippen LogP) is 3.98. The Morgan fingerprint density at radius 1 is 1.17 bits per heavy atom. The Balaban J connectivity index is 1.85. The average molecular weight is 349 g/mol. The quantitative estimate of drug-likeness (QED) is 0.488. The third-order valence-electron chi connectivity index (χ3n) is 3.04. The number of nitrogens with one attached hydrogen (secondary N) is 1. The number of carbonyl (C=O) groups excluding carboxylic acids is 1. The second-order valence-electron chi connectivity index (χ2n) is 4.70. The molecule has 0 fully saturated rings. The monoisotopic (exact) mass is 348 g/mol. The van der Waals surface area contributed by atoms with E-state index in [4.69, 9.17) is 16.3 Å². The first kappa shape index (κ1) is 17.4. The molecule has 23 heavy (non-hydrogen) atoms. The summed E-state index contributed by atoms with van der Waals surface area (Å²) in [6, 6.07) is 14.9. The number of nitrogens with zero attached hydrogens (tertiary/aromatic N) is 1. The van der Waals surface area contributed by atoms with Gasteiger partial charge in [-0.2, -0.15) is 5.10 Å². The summed E-state index contributed by atoms with van der Waals surface area (Å²) in [7, 11) is 1.62. The molecule has 1 N–H and O–H groups in total. The number of hydrogen-bond acceptors (Lipinski definition) is 4. The first-order valence-electron chi connectivity index (χ1n) is 6.94. The molecule has 4 nitrogen and oxygen atoms in total. The number of methoxy groups -OCH3 is 1. The van der Waals surface area contributed by atoms with Crippen molar-refractivity contribution in [2.75, 3.05) is 12.9 Å². The number of benzene rings is 2. The molecule has 0 bridgehead atoms. The van der Waals surface area contributed by atoms with E-state index in [0.29, 0.717) is 10.8 Å². The van der Waals surface area contributed by atoms with Gasteiger partial charge in [0.05, 0.1) is 18.6 Å². The van der Waals surface area contributed by atoms with Gasteiger partial charge in [0, 0.05) is 9.92 Å². The van der Waals surface area contributed by atoms with Gasteiger partial charge in [0.25, 0.3) is 0 Å². The zero-order valence-electron chi connectivity index (χ0n) is 12.9. The van der Waals surface area contributed by atoms with Gasteiger partial charge in [-0.25, -0.2) is 5.43 Å². The van der Waals surface area contributed by atoms with E-state index < -0.39 is 0 Å². The van der Waals surface area contributed by atoms with Crippen LogP contribution in [-0.4, -0.2) is 24.5 Å². The Hall–Kier alpha value is -1.98. The van der Waals surface area contributed by atoms with Crippen LogP contribution in [0.2, 0.25) is 5.02 Å². The third-order valence-corrected chi connectivity index (χ3v) is 4.30. The fourth-order valence-corrected chi connectivity index (χ4v) is 2.57. The van der Waals surface area contributed by atoms with Gasteiger partial charge in [-0.3, -0.25) is 4.79 Å². The molecular weight excluding hydrogens is 332 g/mol. The second kappa shape index (κ2) is 8.60. The van der Waals surface area contributed by atoms with Crippen LogP contribution in [0.4, 0.5) is 0 Å². The van der Waals surface area contributed by atoms with E-state index in [1.54, 1.807) is 19.2 Å². The minimum Gasteiger partial charge on any atom is -0.497 e. The van der Waals surface area contributed by atoms with Crippen molar-refractivity contribution in [3.8, 4) is 5.75 Å². The number of rotatable bonds is 6. The molecule has 2 aromatic rings. The summed E-state index contributed by atoms with van der Waals surface area (Å²) in [5.74, 6) is 0.920. The minimum absolute atomic E-state index is 0.155. The van der Waals surface area contributed by atoms with Gasteiger partial charge in [0.1, 0.15) is 5.75 Å². The van der Waals surface area contributed by atoms with Crippen LogP contribution in [0.25, 0.3) is 0 Å². The molecule has 0 aromatic heterocycles. The Labute approximate surface area is 144 Å². The van der Waals surface area contributed by atoms with Crippen molar-refractivity contribution >= 4 is 35.0 Å². The number of hydrogen-bond donors (Lipinski definition) is 1. The molecule has 0 aliphatic heterocycles. The Bertz CT molecular complexity index is 685. The predicted molar refractivity (Wildman–Crippen MR) is 95.5 cm³/mol. The topological polar surface area (TPSA) is 50.7 Å². The van der Waals surface area contributed by atoms with Gasteiger partial charge in [0.15, 0.2) is 0 Å². The van der Waals surface area contributed by atoms with Crippen molar-refractivity contribution in [2.45, 2.75) is 11.8 Å². The Morgan fingerprint density at radius 3 is 2.43 bits per heavy atom. The normalized spacial score (nSPS) is 11.2. The largest absolute Gasteiger partial charge is 0.497 e. The van der Waals surface area contributed by atoms with Gasteiger partial charge in [-0.05, 0) is 61.0 Å². The summed E-state index contributed by atoms with van der Waals surface area (Å²) < 4.78 is 5.11. The highest BCUT2D eigenvalue weighted by Crippen LogP contribution is 2.19. The number of carbonyl (C=O) groups is 1. The summed E-state index contributed by atoms with van der Waals surface area (Å²) in [5, 5.41) is 4.80. The van der Waals surface area contributed by atoms with Crippen molar-refractivity contribution in [3.63, 3.8) is 0 Å². The summed E-state index contributed by atoms with van der Waals surface area (Å²) in [6.45, 7) is 1.84. The van der Waals surface area contributed by atoms with Crippen molar-refractivity contribution in [1.82, 2.24) is 5.43 Å². The number of hydrazone groups is 1. The lowest BCUT2D eigenvalue weighted by Crippen LogP contribution is -2.21. The standard InChI is InChI=1S/C17H17ClN2O2S/c1-12(13-3-7-15(22-2)8-4-13)19-20-17(21)11-23-16-9-5-14(18)6-10-16/h3-10H,11H2,1-2H3,(H,20,21)/b19-12+. The molecule has 0 aliphatic carbocycles. The fraction of sp³-hybridized carbons (Fsp3) is 0.176. The summed E-state index contributed by atoms with van der Waals surface area (Å²) in [4.78, 5) is 12.8. The average Bonchev–Trinajstić information content (AvgIpc) is 2.59. The molecule has 1 amide bonds. The molecule has 2 aromatic carbocycles. The molecule has 0 radical (unpaired) electrons. The van der Waals surface area contributed by atoms with Gasteiger partial charge in [0.2, 0.25) is 5.91 Å². The molecule has 0 unspecified atom stereocenters. The molecule has 120 valence electrons. The maximum Gasteiger partial charge on any atom is 0.250 e. The maximum absolute atomic E-state index is 11.8. The van der Waals surface area contributed by atoms with Crippen molar-refractivity contribution in [1.29, 1.82) is 0 Å². The van der Waals surface area contributed by atoms with E-state index in [2.05, 4.69) is 10.5 Å². The first-order valence-corrected chi connectivity index (χ1v) is 8.31. The van der Waals surface area contributed by atoms with Gasteiger partial charge in [-0.15, -0.1) is 11.8 Å². The van der Waals surface area contributed by atoms with Crippen LogP contribution in [0.15, 0.2) is 58.5 Å². The summed E-state index contributed by atoms with van der Waals surface area (Å²) in [5.41, 5.74) is 4.22. The second-order valence-corrected chi connectivity index (χ2v) is 6.19. The van der Waals surface area contributed by atoms with E-state index in [-0.39, 0.29) is 5.91 Å². The fourth-order valence-electron chi connectivity index (χ4n) is 1.75. The van der Waals surface area contributed by atoms with Crippen molar-refractivity contribution in [2.24, 2.45) is 5.10 Å². The molecule has 0 atom stereocenters. The Kier molecular flexibility index (Phi) is 6.50. The van der Waals surface area contributed by atoms with E-state index in [1.165, 1.54) is 11.8 Å². The van der Waals surface area contributed by atoms with Crippen molar-refractivity contribution < 1.29 is 9.53 Å². The van der Waals surface area contributed by atoms with Crippen LogP contribution < -0.4 is 10.2 Å². The summed E-state index contributed by atoms with van der Waals surface area (Å²) in [6.07, 6.45) is 0. The van der Waals surface area contributed by atoms with Crippen LogP contribution in [0.5, 0.6) is 5.75 Å². The van der Waals surface area contributed by atoms with E-state index >= 15 is 0 Å². The van der Waals surface area contributed by atoms with E-state index in [9.17, 15) is 4.79 Å². The minimum atomic E-state index is -0.155. The first-order chi connectivity index (χ1) is 11.1. The van der Waals surface area contributed by atoms with Gasteiger partial charge < -0.3 is 4.74 Å². The van der Waals surface area contributed by atoms with E-state index in [1.807, 2.05) is 43.3 Å². The molecule has 0 saturated carbocycles. The SMILES string of the molecule is COc1ccc(/C(C)=N/NC(=O)CSc2ccc(Cl)cc2)cc1. The number of thioether (sulfide) groups is 1. The van der Waals surface area contributed by atoms with Gasteiger partial charge in [-0.1, -0.05) is 11.6 Å². The van der Waals surface area contributed by atoms with Crippen LogP contribution in [0.1, 0.15) is 12.5 Å². The van der Waals surface area contributed by atoms with Crippen LogP contribution in [0.3, 0.4) is 0 Å². The number of ether oxygens (including phenoxy) is 1.